The summed E-state index contributed by atoms with van der Waals surface area (Å²) in [7, 11) is 0. The maximum atomic E-state index is 12.8. The molecule has 3 aliphatic rings. The zero-order chi connectivity index (χ0) is 19.3. The zero-order valence-corrected chi connectivity index (χ0v) is 16.8. The Labute approximate surface area is 166 Å². The molecule has 0 unspecified atom stereocenters. The van der Waals surface area contributed by atoms with Gasteiger partial charge in [-0.25, -0.2) is 4.79 Å². The molecule has 144 valence electrons. The molecule has 3 fully saturated rings. The van der Waals surface area contributed by atoms with Crippen LogP contribution in [0, 0.1) is 29.6 Å². The minimum atomic E-state index is -0.378. The topological polar surface area (TPSA) is 81.7 Å². The Morgan fingerprint density at radius 2 is 1.96 bits per heavy atom. The van der Waals surface area contributed by atoms with E-state index >= 15 is 0 Å². The summed E-state index contributed by atoms with van der Waals surface area (Å²) in [6.07, 6.45) is 0.753. The molecule has 7 heteroatoms. The van der Waals surface area contributed by atoms with Crippen LogP contribution in [0.5, 0.6) is 0 Å². The fraction of sp³-hybridized carbons (Fsp3) is 0.550. The van der Waals surface area contributed by atoms with E-state index in [1.807, 2.05) is 13.8 Å². The molecule has 2 saturated carbocycles. The van der Waals surface area contributed by atoms with Crippen LogP contribution < -0.4 is 5.32 Å². The molecule has 1 heterocycles. The van der Waals surface area contributed by atoms with Crippen LogP contribution in [-0.2, 0) is 19.1 Å². The zero-order valence-electron chi connectivity index (χ0n) is 15.2. The van der Waals surface area contributed by atoms with E-state index in [1.54, 1.807) is 24.3 Å². The average molecular weight is 436 g/mol. The number of fused-ring (bicyclic) bond motifs is 1. The third-order valence-electron chi connectivity index (χ3n) is 5.76. The number of carbonyl (C=O) groups excluding carboxylic acids is 3. The van der Waals surface area contributed by atoms with E-state index in [-0.39, 0.29) is 58.4 Å². The Kier molecular flexibility index (Phi) is 4.74. The van der Waals surface area contributed by atoms with Crippen molar-refractivity contribution in [2.45, 2.75) is 31.2 Å². The molecule has 27 heavy (non-hydrogen) atoms. The van der Waals surface area contributed by atoms with Gasteiger partial charge < -0.3 is 14.8 Å². The summed E-state index contributed by atoms with van der Waals surface area (Å²) in [5.74, 6) is -0.976. The molecule has 0 aromatic heterocycles. The summed E-state index contributed by atoms with van der Waals surface area (Å²) in [5, 5.41) is 2.89. The first-order chi connectivity index (χ1) is 12.9. The van der Waals surface area contributed by atoms with Crippen molar-refractivity contribution in [3.05, 3.63) is 29.8 Å². The lowest BCUT2D eigenvalue weighted by atomic mass is 9.79. The highest BCUT2D eigenvalue weighted by Gasteiger charge is 2.67. The van der Waals surface area contributed by atoms with Gasteiger partial charge in [-0.2, -0.15) is 0 Å². The number of esters is 2. The van der Waals surface area contributed by atoms with Gasteiger partial charge in [-0.05, 0) is 42.5 Å². The molecule has 1 amide bonds. The van der Waals surface area contributed by atoms with Crippen LogP contribution in [0.1, 0.15) is 30.6 Å². The smallest absolute Gasteiger partial charge is 0.338 e. The Morgan fingerprint density at radius 1 is 1.26 bits per heavy atom. The third-order valence-corrected chi connectivity index (χ3v) is 6.96. The van der Waals surface area contributed by atoms with Crippen molar-refractivity contribution < 1.29 is 23.9 Å². The van der Waals surface area contributed by atoms with Gasteiger partial charge in [0.2, 0.25) is 5.91 Å². The van der Waals surface area contributed by atoms with Gasteiger partial charge in [-0.15, -0.1) is 0 Å². The fourth-order valence-electron chi connectivity index (χ4n) is 4.57. The molecule has 6 atom stereocenters. The Morgan fingerprint density at radius 3 is 2.63 bits per heavy atom. The minimum absolute atomic E-state index is 0.0408. The molecular weight excluding hydrogens is 414 g/mol. The predicted octanol–water partition coefficient (Wildman–Crippen LogP) is 3.01. The lowest BCUT2D eigenvalue weighted by Gasteiger charge is -2.27. The molecule has 0 radical (unpaired) electrons. The summed E-state index contributed by atoms with van der Waals surface area (Å²) < 4.78 is 10.6. The van der Waals surface area contributed by atoms with Crippen LogP contribution in [0.4, 0.5) is 5.69 Å². The second-order valence-corrected chi connectivity index (χ2v) is 9.08. The van der Waals surface area contributed by atoms with Crippen LogP contribution in [0.15, 0.2) is 24.3 Å². The second-order valence-electron chi connectivity index (χ2n) is 8.02. The first kappa shape index (κ1) is 18.5. The maximum absolute atomic E-state index is 12.8. The van der Waals surface area contributed by atoms with Gasteiger partial charge in [0.15, 0.2) is 0 Å². The minimum Gasteiger partial charge on any atom is -0.462 e. The number of ether oxygens (including phenoxy) is 2. The first-order valence-electron chi connectivity index (χ1n) is 9.29. The normalized spacial score (nSPS) is 33.3. The molecule has 2 bridgehead atoms. The van der Waals surface area contributed by atoms with Crippen molar-refractivity contribution in [1.82, 2.24) is 0 Å². The number of carbonyl (C=O) groups is 3. The summed E-state index contributed by atoms with van der Waals surface area (Å²) in [6, 6.07) is 6.62. The van der Waals surface area contributed by atoms with Gasteiger partial charge in [-0.1, -0.05) is 29.8 Å². The highest BCUT2D eigenvalue weighted by Crippen LogP contribution is 2.60. The van der Waals surface area contributed by atoms with E-state index in [9.17, 15) is 14.4 Å². The Balaban J connectivity index is 1.42. The number of hydrogen-bond donors (Lipinski definition) is 1. The van der Waals surface area contributed by atoms with E-state index in [1.165, 1.54) is 0 Å². The number of hydrogen-bond acceptors (Lipinski definition) is 5. The quantitative estimate of drug-likeness (QED) is 0.567. The van der Waals surface area contributed by atoms with Gasteiger partial charge >= 0.3 is 11.9 Å². The van der Waals surface area contributed by atoms with Gasteiger partial charge in [-0.3, -0.25) is 9.59 Å². The van der Waals surface area contributed by atoms with Crippen LogP contribution in [0.3, 0.4) is 0 Å². The van der Waals surface area contributed by atoms with Gasteiger partial charge in [0, 0.05) is 11.6 Å². The van der Waals surface area contributed by atoms with Crippen molar-refractivity contribution in [1.29, 1.82) is 0 Å². The predicted molar refractivity (Wildman–Crippen MR) is 101 cm³/mol. The molecule has 4 rings (SSSR count). The summed E-state index contributed by atoms with van der Waals surface area (Å²) >= 11 is 3.61. The molecule has 1 aliphatic heterocycles. The first-order valence-corrected chi connectivity index (χ1v) is 10.2. The lowest BCUT2D eigenvalue weighted by Crippen LogP contribution is -2.40. The fourth-order valence-corrected chi connectivity index (χ4v) is 5.62. The molecule has 1 N–H and O–H groups in total. The van der Waals surface area contributed by atoms with Crippen LogP contribution >= 0.6 is 15.9 Å². The number of anilines is 1. The average Bonchev–Trinajstić information content (AvgIpc) is 3.24. The van der Waals surface area contributed by atoms with Crippen molar-refractivity contribution in [2.24, 2.45) is 29.6 Å². The molecule has 1 aromatic carbocycles. The monoisotopic (exact) mass is 435 g/mol. The largest absolute Gasteiger partial charge is 0.462 e. The molecular formula is C20H22BrNO5. The van der Waals surface area contributed by atoms with E-state index in [2.05, 4.69) is 21.2 Å². The van der Waals surface area contributed by atoms with Gasteiger partial charge in [0.25, 0.3) is 0 Å². The highest BCUT2D eigenvalue weighted by molar-refractivity contribution is 9.09. The number of halogens is 1. The van der Waals surface area contributed by atoms with E-state index in [0.717, 1.165) is 6.42 Å². The summed E-state index contributed by atoms with van der Waals surface area (Å²) in [4.78, 5) is 37.0. The highest BCUT2D eigenvalue weighted by atomic mass is 79.9. The van der Waals surface area contributed by atoms with Crippen LogP contribution in [0.25, 0.3) is 0 Å². The van der Waals surface area contributed by atoms with Gasteiger partial charge in [0.1, 0.15) is 6.10 Å². The molecule has 0 spiro atoms. The van der Waals surface area contributed by atoms with Crippen LogP contribution in [-0.4, -0.2) is 35.4 Å². The van der Waals surface area contributed by atoms with E-state index in [0.29, 0.717) is 17.9 Å². The Bertz CT molecular complexity index is 777. The number of alkyl halides is 1. The van der Waals surface area contributed by atoms with Gasteiger partial charge in [0.05, 0.1) is 28.8 Å². The summed E-state index contributed by atoms with van der Waals surface area (Å²) in [6.45, 7) is 4.32. The van der Waals surface area contributed by atoms with Crippen molar-refractivity contribution >= 4 is 39.5 Å². The Hall–Kier alpha value is -1.89. The van der Waals surface area contributed by atoms with Crippen LogP contribution in [0.2, 0.25) is 0 Å². The summed E-state index contributed by atoms with van der Waals surface area (Å²) in [5.41, 5.74) is 1.04. The molecule has 6 nitrogen and oxygen atoms in total. The second kappa shape index (κ2) is 6.93. The molecule has 1 aromatic rings. The number of amides is 1. The number of nitrogens with one attached hydrogen (secondary N) is 1. The lowest BCUT2D eigenvalue weighted by molar-refractivity contribution is -0.145. The third kappa shape index (κ3) is 3.16. The van der Waals surface area contributed by atoms with E-state index < -0.39 is 0 Å². The molecule has 1 saturated heterocycles. The van der Waals surface area contributed by atoms with Crippen molar-refractivity contribution in [3.63, 3.8) is 0 Å². The maximum Gasteiger partial charge on any atom is 0.338 e. The SMILES string of the molecule is CC(C)COC(=O)c1ccc(NC(=O)[C@@H]2[C@H]3C[C@H]4[C@H](OC(=O)[C@H]42)[C@@H]3Br)cc1. The van der Waals surface area contributed by atoms with E-state index in [4.69, 9.17) is 9.47 Å². The van der Waals surface area contributed by atoms with Crippen molar-refractivity contribution in [3.8, 4) is 0 Å². The standard InChI is InChI=1S/C20H22BrNO5/c1-9(2)8-26-19(24)10-3-5-11(6-4-10)22-18(23)14-12-7-13-15(14)20(25)27-17(13)16(12)21/h3-6,9,12-17H,7-8H2,1-2H3,(H,22,23)/t12-,13-,14-,15-,16-,17+/m1/s1. The number of benzene rings is 1. The molecule has 2 aliphatic carbocycles. The number of rotatable bonds is 5. The van der Waals surface area contributed by atoms with Crippen molar-refractivity contribution in [2.75, 3.05) is 11.9 Å².